The van der Waals surface area contributed by atoms with Gasteiger partial charge in [-0.05, 0) is 31.5 Å². The van der Waals surface area contributed by atoms with E-state index in [9.17, 15) is 0 Å². The molecule has 16 heavy (non-hydrogen) atoms. The first-order valence-corrected chi connectivity index (χ1v) is 5.41. The molecule has 0 aromatic heterocycles. The smallest absolute Gasteiger partial charge is 0.124 e. The molecule has 0 amide bonds. The van der Waals surface area contributed by atoms with Crippen LogP contribution in [0, 0.1) is 12.3 Å². The minimum absolute atomic E-state index is 0.0615. The minimum atomic E-state index is 0.0615. The summed E-state index contributed by atoms with van der Waals surface area (Å²) in [4.78, 5) is 2.02. The van der Waals surface area contributed by atoms with E-state index in [-0.39, 0.29) is 12.4 Å². The summed E-state index contributed by atoms with van der Waals surface area (Å²) in [5, 5.41) is 16.5. The number of aliphatic hydroxyl groups excluding tert-OH is 1. The van der Waals surface area contributed by atoms with Crippen LogP contribution in [0.3, 0.4) is 0 Å². The van der Waals surface area contributed by atoms with Crippen LogP contribution < -0.4 is 10.6 Å². The average molecular weight is 221 g/mol. The molecule has 0 bridgehead atoms. The Labute approximate surface area is 96.2 Å². The molecule has 0 saturated heterocycles. The first-order valence-electron chi connectivity index (χ1n) is 5.41. The van der Waals surface area contributed by atoms with Gasteiger partial charge in [0.05, 0.1) is 6.61 Å². The second-order valence-corrected chi connectivity index (χ2v) is 3.74. The van der Waals surface area contributed by atoms with Crippen LogP contribution in [0.4, 0.5) is 5.69 Å². The first-order chi connectivity index (χ1) is 7.60. The third-order valence-electron chi connectivity index (χ3n) is 2.54. The lowest BCUT2D eigenvalue weighted by molar-refractivity contribution is 0.302. The number of nitrogens with zero attached hydrogens (tertiary/aromatic N) is 1. The van der Waals surface area contributed by atoms with E-state index < -0.39 is 0 Å². The van der Waals surface area contributed by atoms with E-state index in [1.165, 1.54) is 0 Å². The van der Waals surface area contributed by atoms with Crippen molar-refractivity contribution in [2.24, 2.45) is 5.73 Å². The number of amidine groups is 1. The quantitative estimate of drug-likeness (QED) is 0.515. The molecule has 1 aromatic carbocycles. The lowest BCUT2D eigenvalue weighted by Crippen LogP contribution is -2.29. The number of hydrogen-bond donors (Lipinski definition) is 3. The van der Waals surface area contributed by atoms with Gasteiger partial charge in [0, 0.05) is 24.3 Å². The van der Waals surface area contributed by atoms with Crippen molar-refractivity contribution in [3.05, 3.63) is 29.3 Å². The Kier molecular flexibility index (Phi) is 4.31. The maximum Gasteiger partial charge on any atom is 0.124 e. The molecule has 1 rings (SSSR count). The standard InChI is InChI=1S/C12H19N3O/c1-3-15(6-7-16)11-8-9(2)4-5-10(11)12(13)14/h4-5,8,16H,3,6-7H2,1-2H3,(H3,13,14). The van der Waals surface area contributed by atoms with Gasteiger partial charge in [-0.25, -0.2) is 0 Å². The zero-order chi connectivity index (χ0) is 12.1. The summed E-state index contributed by atoms with van der Waals surface area (Å²) < 4.78 is 0. The van der Waals surface area contributed by atoms with Crippen LogP contribution in [0.5, 0.6) is 0 Å². The van der Waals surface area contributed by atoms with Crippen molar-refractivity contribution in [3.8, 4) is 0 Å². The van der Waals surface area contributed by atoms with Gasteiger partial charge in [-0.2, -0.15) is 0 Å². The summed E-state index contributed by atoms with van der Waals surface area (Å²) in [7, 11) is 0. The Morgan fingerprint density at radius 3 is 2.69 bits per heavy atom. The van der Waals surface area contributed by atoms with E-state index in [0.29, 0.717) is 6.54 Å². The number of nitrogens with two attached hydrogens (primary N) is 1. The van der Waals surface area contributed by atoms with Crippen molar-refractivity contribution in [2.45, 2.75) is 13.8 Å². The number of rotatable bonds is 5. The van der Waals surface area contributed by atoms with Gasteiger partial charge in [-0.3, -0.25) is 5.41 Å². The largest absolute Gasteiger partial charge is 0.395 e. The zero-order valence-electron chi connectivity index (χ0n) is 9.83. The highest BCUT2D eigenvalue weighted by Gasteiger charge is 2.11. The molecule has 1 aromatic rings. The monoisotopic (exact) mass is 221 g/mol. The van der Waals surface area contributed by atoms with Gasteiger partial charge in [0.1, 0.15) is 5.84 Å². The van der Waals surface area contributed by atoms with Gasteiger partial charge in [0.25, 0.3) is 0 Å². The molecule has 4 N–H and O–H groups in total. The summed E-state index contributed by atoms with van der Waals surface area (Å²) in [5.41, 5.74) is 8.31. The molecular weight excluding hydrogens is 202 g/mol. The van der Waals surface area contributed by atoms with Crippen LogP contribution >= 0.6 is 0 Å². The molecule has 0 aliphatic rings. The van der Waals surface area contributed by atoms with E-state index in [1.807, 2.05) is 36.9 Å². The van der Waals surface area contributed by atoms with Gasteiger partial charge in [0.2, 0.25) is 0 Å². The van der Waals surface area contributed by atoms with E-state index in [0.717, 1.165) is 23.4 Å². The topological polar surface area (TPSA) is 73.3 Å². The fourth-order valence-electron chi connectivity index (χ4n) is 1.70. The van der Waals surface area contributed by atoms with Crippen molar-refractivity contribution in [1.29, 1.82) is 5.41 Å². The van der Waals surface area contributed by atoms with Crippen LogP contribution in [0.2, 0.25) is 0 Å². The Balaban J connectivity index is 3.16. The molecule has 0 aliphatic carbocycles. The molecule has 0 spiro atoms. The summed E-state index contributed by atoms with van der Waals surface area (Å²) in [6.45, 7) is 5.45. The van der Waals surface area contributed by atoms with Crippen molar-refractivity contribution >= 4 is 11.5 Å². The molecular formula is C12H19N3O. The van der Waals surface area contributed by atoms with Crippen molar-refractivity contribution in [1.82, 2.24) is 0 Å². The van der Waals surface area contributed by atoms with Crippen LogP contribution in [0.15, 0.2) is 18.2 Å². The average Bonchev–Trinajstić information content (AvgIpc) is 2.25. The number of aryl methyl sites for hydroxylation is 1. The molecule has 0 atom stereocenters. The normalized spacial score (nSPS) is 10.2. The Bertz CT molecular complexity index is 377. The number of nitrogen functional groups attached to an aromatic ring is 1. The summed E-state index contributed by atoms with van der Waals surface area (Å²) in [6, 6.07) is 5.79. The van der Waals surface area contributed by atoms with Crippen LogP contribution in [0.25, 0.3) is 0 Å². The number of nitrogens with one attached hydrogen (secondary N) is 1. The third-order valence-corrected chi connectivity index (χ3v) is 2.54. The van der Waals surface area contributed by atoms with Gasteiger partial charge in [-0.15, -0.1) is 0 Å². The zero-order valence-corrected chi connectivity index (χ0v) is 9.83. The second kappa shape index (κ2) is 5.51. The minimum Gasteiger partial charge on any atom is -0.395 e. The molecule has 0 saturated carbocycles. The summed E-state index contributed by atoms with van der Waals surface area (Å²) >= 11 is 0. The predicted molar refractivity (Wildman–Crippen MR) is 67.2 cm³/mol. The van der Waals surface area contributed by atoms with Crippen molar-refractivity contribution in [2.75, 3.05) is 24.6 Å². The van der Waals surface area contributed by atoms with Gasteiger partial charge < -0.3 is 15.7 Å². The SMILES string of the molecule is CCN(CCO)c1cc(C)ccc1C(=N)N. The lowest BCUT2D eigenvalue weighted by Gasteiger charge is -2.25. The highest BCUT2D eigenvalue weighted by atomic mass is 16.3. The molecule has 4 nitrogen and oxygen atoms in total. The lowest BCUT2D eigenvalue weighted by atomic mass is 10.1. The van der Waals surface area contributed by atoms with Gasteiger partial charge >= 0.3 is 0 Å². The maximum atomic E-state index is 9.00. The van der Waals surface area contributed by atoms with E-state index >= 15 is 0 Å². The second-order valence-electron chi connectivity index (χ2n) is 3.74. The number of likely N-dealkylation sites (N-methyl/N-ethyl adjacent to an activating group) is 1. The summed E-state index contributed by atoms with van der Waals surface area (Å²) in [5.74, 6) is 0.0615. The van der Waals surface area contributed by atoms with Gasteiger partial charge in [-0.1, -0.05) is 6.07 Å². The van der Waals surface area contributed by atoms with E-state index in [2.05, 4.69) is 0 Å². The molecule has 0 fully saturated rings. The number of hydrogen-bond acceptors (Lipinski definition) is 3. The fourth-order valence-corrected chi connectivity index (χ4v) is 1.70. The van der Waals surface area contributed by atoms with E-state index in [1.54, 1.807) is 0 Å². The van der Waals surface area contributed by atoms with Crippen molar-refractivity contribution < 1.29 is 5.11 Å². The molecule has 4 heteroatoms. The van der Waals surface area contributed by atoms with Crippen LogP contribution in [-0.4, -0.2) is 30.6 Å². The number of aliphatic hydroxyl groups is 1. The molecule has 0 radical (unpaired) electrons. The van der Waals surface area contributed by atoms with Crippen molar-refractivity contribution in [3.63, 3.8) is 0 Å². The maximum absolute atomic E-state index is 9.00. The predicted octanol–water partition coefficient (Wildman–Crippen LogP) is 1.10. The Hall–Kier alpha value is -1.55. The van der Waals surface area contributed by atoms with Crippen LogP contribution in [0.1, 0.15) is 18.1 Å². The number of anilines is 1. The first kappa shape index (κ1) is 12.5. The van der Waals surface area contributed by atoms with Gasteiger partial charge in [0.15, 0.2) is 0 Å². The molecule has 0 aliphatic heterocycles. The fraction of sp³-hybridized carbons (Fsp3) is 0.417. The number of benzene rings is 1. The Morgan fingerprint density at radius 2 is 2.19 bits per heavy atom. The molecule has 0 heterocycles. The highest BCUT2D eigenvalue weighted by Crippen LogP contribution is 2.21. The van der Waals surface area contributed by atoms with Crippen LogP contribution in [-0.2, 0) is 0 Å². The Morgan fingerprint density at radius 1 is 1.50 bits per heavy atom. The van der Waals surface area contributed by atoms with E-state index in [4.69, 9.17) is 16.2 Å². The third kappa shape index (κ3) is 2.73. The highest BCUT2D eigenvalue weighted by molar-refractivity contribution is 6.00. The molecule has 0 unspecified atom stereocenters. The molecule has 88 valence electrons. The summed E-state index contributed by atoms with van der Waals surface area (Å²) in [6.07, 6.45) is 0.